The fourth-order valence-electron chi connectivity index (χ4n) is 2.20. The topological polar surface area (TPSA) is 59.4 Å². The van der Waals surface area contributed by atoms with Crippen molar-refractivity contribution < 1.29 is 14.6 Å². The Morgan fingerprint density at radius 3 is 2.50 bits per heavy atom. The van der Waals surface area contributed by atoms with Gasteiger partial charge in [-0.1, -0.05) is 29.8 Å². The number of nitrogens with zero attached hydrogens (tertiary/aromatic N) is 1. The van der Waals surface area contributed by atoms with Gasteiger partial charge >= 0.3 is 5.97 Å². The molecule has 0 spiro atoms. The smallest absolute Gasteiger partial charge is 0.318 e. The van der Waals surface area contributed by atoms with Crippen LogP contribution < -0.4 is 0 Å². The van der Waals surface area contributed by atoms with Crippen LogP contribution in [0.15, 0.2) is 42.6 Å². The molecule has 0 saturated carbocycles. The molecule has 4 heteroatoms. The molecule has 0 amide bonds. The van der Waals surface area contributed by atoms with Crippen molar-refractivity contribution in [1.29, 1.82) is 0 Å². The summed E-state index contributed by atoms with van der Waals surface area (Å²) in [6, 6.07) is 11.2. The van der Waals surface area contributed by atoms with Crippen molar-refractivity contribution in [2.45, 2.75) is 32.8 Å². The third-order valence-electron chi connectivity index (χ3n) is 3.79. The number of rotatable bonds is 5. The number of aliphatic hydroxyl groups excluding tert-OH is 1. The summed E-state index contributed by atoms with van der Waals surface area (Å²) in [4.78, 5) is 16.5. The van der Waals surface area contributed by atoms with Crippen molar-refractivity contribution in [1.82, 2.24) is 4.98 Å². The van der Waals surface area contributed by atoms with Gasteiger partial charge in [-0.15, -0.1) is 0 Å². The molecule has 2 rings (SSSR count). The summed E-state index contributed by atoms with van der Waals surface area (Å²) in [7, 11) is 0. The number of esters is 1. The summed E-state index contributed by atoms with van der Waals surface area (Å²) >= 11 is 0. The molecule has 1 N–H and O–H groups in total. The molecule has 2 aromatic rings. The minimum atomic E-state index is -1.06. The quantitative estimate of drug-likeness (QED) is 0.862. The molecule has 1 atom stereocenters. The van der Waals surface area contributed by atoms with E-state index >= 15 is 0 Å². The molecular weight excluding hydrogens is 278 g/mol. The number of hydrogen-bond donors (Lipinski definition) is 1. The van der Waals surface area contributed by atoms with Crippen LogP contribution in [0.4, 0.5) is 0 Å². The first-order valence-electron chi connectivity index (χ1n) is 7.22. The first-order valence-corrected chi connectivity index (χ1v) is 7.22. The molecule has 22 heavy (non-hydrogen) atoms. The second kappa shape index (κ2) is 6.71. The number of carbonyl (C=O) groups is 1. The number of ether oxygens (including phenoxy) is 1. The van der Waals surface area contributed by atoms with Gasteiger partial charge in [-0.3, -0.25) is 9.78 Å². The van der Waals surface area contributed by atoms with Crippen molar-refractivity contribution >= 4 is 5.97 Å². The van der Waals surface area contributed by atoms with Gasteiger partial charge in [0.05, 0.1) is 6.61 Å². The Labute approximate surface area is 130 Å². The number of aliphatic hydroxyl groups is 1. The third-order valence-corrected chi connectivity index (χ3v) is 3.79. The molecule has 1 heterocycles. The standard InChI is InChI=1S/C18H21NO3/c1-13-4-6-16(7-5-13)18(3,12-20)17(21)22-11-15-8-9-19-14(2)10-15/h4-10,20H,11-12H2,1-3H3. The Kier molecular flexibility index (Phi) is 4.93. The van der Waals surface area contributed by atoms with Crippen LogP contribution >= 0.6 is 0 Å². The molecule has 0 fully saturated rings. The molecule has 1 aromatic carbocycles. The highest BCUT2D eigenvalue weighted by Gasteiger charge is 2.36. The number of aryl methyl sites for hydroxylation is 2. The molecule has 0 radical (unpaired) electrons. The minimum Gasteiger partial charge on any atom is -0.460 e. The monoisotopic (exact) mass is 299 g/mol. The average Bonchev–Trinajstić information content (AvgIpc) is 2.52. The summed E-state index contributed by atoms with van der Waals surface area (Å²) in [5.41, 5.74) is 2.54. The number of pyridine rings is 1. The van der Waals surface area contributed by atoms with Gasteiger partial charge in [-0.2, -0.15) is 0 Å². The summed E-state index contributed by atoms with van der Waals surface area (Å²) in [5.74, 6) is -0.437. The lowest BCUT2D eigenvalue weighted by atomic mass is 9.83. The van der Waals surface area contributed by atoms with Crippen LogP contribution in [0.5, 0.6) is 0 Å². The second-order valence-corrected chi connectivity index (χ2v) is 5.74. The minimum absolute atomic E-state index is 0.170. The molecule has 0 aliphatic carbocycles. The van der Waals surface area contributed by atoms with Gasteiger partial charge in [-0.05, 0) is 44.0 Å². The van der Waals surface area contributed by atoms with Gasteiger partial charge < -0.3 is 9.84 Å². The van der Waals surface area contributed by atoms with Crippen LogP contribution in [-0.2, 0) is 21.6 Å². The first-order chi connectivity index (χ1) is 10.5. The zero-order valence-corrected chi connectivity index (χ0v) is 13.2. The van der Waals surface area contributed by atoms with E-state index in [-0.39, 0.29) is 13.2 Å². The zero-order chi connectivity index (χ0) is 16.2. The fourth-order valence-corrected chi connectivity index (χ4v) is 2.20. The van der Waals surface area contributed by atoms with Crippen LogP contribution in [0.2, 0.25) is 0 Å². The summed E-state index contributed by atoms with van der Waals surface area (Å²) in [6.45, 7) is 5.42. The van der Waals surface area contributed by atoms with Crippen LogP contribution in [0.3, 0.4) is 0 Å². The van der Waals surface area contributed by atoms with Crippen molar-refractivity contribution in [3.8, 4) is 0 Å². The van der Waals surface area contributed by atoms with Gasteiger partial charge in [0.1, 0.15) is 12.0 Å². The average molecular weight is 299 g/mol. The first kappa shape index (κ1) is 16.2. The van der Waals surface area contributed by atoms with Crippen molar-refractivity contribution in [3.05, 3.63) is 65.0 Å². The second-order valence-electron chi connectivity index (χ2n) is 5.74. The molecule has 1 aromatic heterocycles. The predicted octanol–water partition coefficient (Wildman–Crippen LogP) is 2.69. The SMILES string of the molecule is Cc1ccc(C(C)(CO)C(=O)OCc2ccnc(C)c2)cc1. The van der Waals surface area contributed by atoms with Crippen molar-refractivity contribution in [2.75, 3.05) is 6.61 Å². The summed E-state index contributed by atoms with van der Waals surface area (Å²) in [6.07, 6.45) is 1.68. The van der Waals surface area contributed by atoms with E-state index in [4.69, 9.17) is 4.74 Å². The third kappa shape index (κ3) is 3.52. The van der Waals surface area contributed by atoms with E-state index in [0.717, 1.165) is 22.4 Å². The van der Waals surface area contributed by atoms with E-state index in [0.29, 0.717) is 0 Å². The maximum atomic E-state index is 12.4. The number of benzene rings is 1. The van der Waals surface area contributed by atoms with E-state index < -0.39 is 11.4 Å². The largest absolute Gasteiger partial charge is 0.460 e. The molecule has 0 bridgehead atoms. The normalized spacial score (nSPS) is 13.5. The van der Waals surface area contributed by atoms with Crippen LogP contribution in [-0.4, -0.2) is 22.7 Å². The van der Waals surface area contributed by atoms with E-state index in [2.05, 4.69) is 4.98 Å². The van der Waals surface area contributed by atoms with Crippen molar-refractivity contribution in [2.24, 2.45) is 0 Å². The van der Waals surface area contributed by atoms with Crippen LogP contribution in [0, 0.1) is 13.8 Å². The predicted molar refractivity (Wildman–Crippen MR) is 84.4 cm³/mol. The van der Waals surface area contributed by atoms with Gasteiger partial charge in [0, 0.05) is 11.9 Å². The molecule has 116 valence electrons. The highest BCUT2D eigenvalue weighted by Crippen LogP contribution is 2.26. The lowest BCUT2D eigenvalue weighted by Crippen LogP contribution is -2.38. The molecular formula is C18H21NO3. The van der Waals surface area contributed by atoms with Gasteiger partial charge in [-0.25, -0.2) is 0 Å². The van der Waals surface area contributed by atoms with E-state index in [1.54, 1.807) is 13.1 Å². The molecule has 0 aliphatic heterocycles. The number of aromatic nitrogens is 1. The Bertz CT molecular complexity index is 652. The maximum absolute atomic E-state index is 12.4. The fraction of sp³-hybridized carbons (Fsp3) is 0.333. The highest BCUT2D eigenvalue weighted by molar-refractivity contribution is 5.83. The maximum Gasteiger partial charge on any atom is 0.318 e. The van der Waals surface area contributed by atoms with E-state index in [1.807, 2.05) is 50.2 Å². The van der Waals surface area contributed by atoms with Gasteiger partial charge in [0.2, 0.25) is 0 Å². The molecule has 0 saturated heterocycles. The molecule has 0 aliphatic rings. The molecule has 4 nitrogen and oxygen atoms in total. The van der Waals surface area contributed by atoms with Crippen molar-refractivity contribution in [3.63, 3.8) is 0 Å². The Morgan fingerprint density at radius 2 is 1.91 bits per heavy atom. The Balaban J connectivity index is 2.12. The Morgan fingerprint density at radius 1 is 1.23 bits per heavy atom. The van der Waals surface area contributed by atoms with E-state index in [1.165, 1.54) is 0 Å². The van der Waals surface area contributed by atoms with Gasteiger partial charge in [0.15, 0.2) is 0 Å². The molecule has 1 unspecified atom stereocenters. The zero-order valence-electron chi connectivity index (χ0n) is 13.2. The van der Waals surface area contributed by atoms with E-state index in [9.17, 15) is 9.90 Å². The number of hydrogen-bond acceptors (Lipinski definition) is 4. The Hall–Kier alpha value is -2.20. The number of carbonyl (C=O) groups excluding carboxylic acids is 1. The highest BCUT2D eigenvalue weighted by atomic mass is 16.5. The lowest BCUT2D eigenvalue weighted by molar-refractivity contribution is -0.153. The lowest BCUT2D eigenvalue weighted by Gasteiger charge is -2.25. The van der Waals surface area contributed by atoms with Gasteiger partial charge in [0.25, 0.3) is 0 Å². The van der Waals surface area contributed by atoms with Crippen LogP contribution in [0.25, 0.3) is 0 Å². The summed E-state index contributed by atoms with van der Waals surface area (Å²) in [5, 5.41) is 9.71. The summed E-state index contributed by atoms with van der Waals surface area (Å²) < 4.78 is 5.40. The van der Waals surface area contributed by atoms with Crippen LogP contribution in [0.1, 0.15) is 29.3 Å².